The summed E-state index contributed by atoms with van der Waals surface area (Å²) >= 11 is 0. The SMILES string of the molecule is CN1C2CCC1CN(CCC1CCCC1(N)C#N)CC2. The predicted molar refractivity (Wildman–Crippen MR) is 80.1 cm³/mol. The van der Waals surface area contributed by atoms with E-state index in [4.69, 9.17) is 5.73 Å². The number of likely N-dealkylation sites (N-methyl/N-ethyl adjacent to an activating group) is 1. The van der Waals surface area contributed by atoms with Gasteiger partial charge >= 0.3 is 0 Å². The summed E-state index contributed by atoms with van der Waals surface area (Å²) in [5, 5.41) is 9.30. The van der Waals surface area contributed by atoms with Crippen LogP contribution in [0.4, 0.5) is 0 Å². The highest BCUT2D eigenvalue weighted by atomic mass is 15.3. The second-order valence-corrected chi connectivity index (χ2v) is 7.17. The number of fused-ring (bicyclic) bond motifs is 2. The van der Waals surface area contributed by atoms with Gasteiger partial charge in [-0.05, 0) is 64.6 Å². The summed E-state index contributed by atoms with van der Waals surface area (Å²) in [4.78, 5) is 5.22. The zero-order chi connectivity index (χ0) is 14.2. The van der Waals surface area contributed by atoms with Crippen molar-refractivity contribution in [3.63, 3.8) is 0 Å². The van der Waals surface area contributed by atoms with E-state index < -0.39 is 5.54 Å². The van der Waals surface area contributed by atoms with Crippen molar-refractivity contribution in [2.24, 2.45) is 11.7 Å². The van der Waals surface area contributed by atoms with Crippen LogP contribution in [0.5, 0.6) is 0 Å². The number of nitrogens with two attached hydrogens (primary N) is 1. The molecule has 2 saturated heterocycles. The quantitative estimate of drug-likeness (QED) is 0.850. The van der Waals surface area contributed by atoms with Gasteiger partial charge < -0.3 is 10.6 Å². The summed E-state index contributed by atoms with van der Waals surface area (Å²) in [6.07, 6.45) is 8.32. The maximum absolute atomic E-state index is 9.30. The van der Waals surface area contributed by atoms with Crippen LogP contribution in [0.3, 0.4) is 0 Å². The summed E-state index contributed by atoms with van der Waals surface area (Å²) in [6, 6.07) is 3.94. The molecular weight excluding hydrogens is 248 g/mol. The average Bonchev–Trinajstić information content (AvgIpc) is 2.91. The molecule has 4 nitrogen and oxygen atoms in total. The van der Waals surface area contributed by atoms with Crippen molar-refractivity contribution in [1.29, 1.82) is 5.26 Å². The van der Waals surface area contributed by atoms with Crippen molar-refractivity contribution in [3.05, 3.63) is 0 Å². The third kappa shape index (κ3) is 2.59. The molecule has 0 aromatic heterocycles. The number of hydrogen-bond donors (Lipinski definition) is 1. The summed E-state index contributed by atoms with van der Waals surface area (Å²) in [7, 11) is 2.30. The van der Waals surface area contributed by atoms with Gasteiger partial charge in [0.2, 0.25) is 0 Å². The maximum Gasteiger partial charge on any atom is 0.107 e. The zero-order valence-corrected chi connectivity index (χ0v) is 12.7. The summed E-state index contributed by atoms with van der Waals surface area (Å²) < 4.78 is 0. The molecule has 1 saturated carbocycles. The molecule has 3 aliphatic rings. The van der Waals surface area contributed by atoms with E-state index in [9.17, 15) is 5.26 Å². The summed E-state index contributed by atoms with van der Waals surface area (Å²) in [5.41, 5.74) is 5.70. The first kappa shape index (κ1) is 14.3. The molecule has 3 rings (SSSR count). The third-order valence-corrected chi connectivity index (χ3v) is 6.11. The van der Waals surface area contributed by atoms with Crippen LogP contribution in [0.1, 0.15) is 44.9 Å². The van der Waals surface area contributed by atoms with Crippen LogP contribution in [0.2, 0.25) is 0 Å². The molecule has 0 aromatic rings. The van der Waals surface area contributed by atoms with Crippen molar-refractivity contribution in [2.45, 2.75) is 62.6 Å². The van der Waals surface area contributed by atoms with Gasteiger partial charge in [0, 0.05) is 18.6 Å². The fourth-order valence-corrected chi connectivity index (χ4v) is 4.57. The van der Waals surface area contributed by atoms with Gasteiger partial charge in [-0.1, -0.05) is 6.42 Å². The van der Waals surface area contributed by atoms with Crippen molar-refractivity contribution < 1.29 is 0 Å². The highest BCUT2D eigenvalue weighted by Crippen LogP contribution is 2.36. The Morgan fingerprint density at radius 1 is 1.25 bits per heavy atom. The maximum atomic E-state index is 9.30. The second-order valence-electron chi connectivity index (χ2n) is 7.17. The number of hydrogen-bond acceptors (Lipinski definition) is 4. The molecule has 1 aliphatic carbocycles. The molecular formula is C16H28N4. The highest BCUT2D eigenvalue weighted by Gasteiger charge is 2.40. The molecule has 0 radical (unpaired) electrons. The molecule has 2 heterocycles. The topological polar surface area (TPSA) is 56.3 Å². The van der Waals surface area contributed by atoms with Crippen molar-refractivity contribution in [2.75, 3.05) is 26.7 Å². The third-order valence-electron chi connectivity index (χ3n) is 6.11. The molecule has 3 fully saturated rings. The number of nitrogens with zero attached hydrogens (tertiary/aromatic N) is 3. The van der Waals surface area contributed by atoms with E-state index in [1.807, 2.05) is 0 Å². The highest BCUT2D eigenvalue weighted by molar-refractivity contribution is 5.12. The minimum absolute atomic E-state index is 0.408. The van der Waals surface area contributed by atoms with Crippen molar-refractivity contribution >= 4 is 0 Å². The fraction of sp³-hybridized carbons (Fsp3) is 0.938. The Morgan fingerprint density at radius 2 is 2.05 bits per heavy atom. The summed E-state index contributed by atoms with van der Waals surface area (Å²) in [6.45, 7) is 3.56. The summed E-state index contributed by atoms with van der Waals surface area (Å²) in [5.74, 6) is 0.408. The molecule has 2 N–H and O–H groups in total. The molecule has 4 heteroatoms. The van der Waals surface area contributed by atoms with Crippen molar-refractivity contribution in [1.82, 2.24) is 9.80 Å². The van der Waals surface area contributed by atoms with Crippen LogP contribution in [0.25, 0.3) is 0 Å². The Hall–Kier alpha value is -0.630. The Bertz CT molecular complexity index is 390. The van der Waals surface area contributed by atoms with Gasteiger partial charge in [-0.2, -0.15) is 5.26 Å². The number of likely N-dealkylation sites (tertiary alicyclic amines) is 1. The van der Waals surface area contributed by atoms with Crippen LogP contribution in [-0.4, -0.2) is 54.1 Å². The zero-order valence-electron chi connectivity index (χ0n) is 12.7. The van der Waals surface area contributed by atoms with E-state index in [1.54, 1.807) is 0 Å². The Morgan fingerprint density at radius 3 is 2.85 bits per heavy atom. The van der Waals surface area contributed by atoms with Crippen molar-refractivity contribution in [3.8, 4) is 6.07 Å². The molecule has 2 aliphatic heterocycles. The smallest absolute Gasteiger partial charge is 0.107 e. The van der Waals surface area contributed by atoms with Crippen LogP contribution < -0.4 is 5.73 Å². The Kier molecular flexibility index (Phi) is 4.03. The van der Waals surface area contributed by atoms with Crippen LogP contribution in [0, 0.1) is 17.2 Å². The van der Waals surface area contributed by atoms with E-state index in [0.717, 1.165) is 44.3 Å². The monoisotopic (exact) mass is 276 g/mol. The molecule has 4 unspecified atom stereocenters. The van der Waals surface area contributed by atoms with Crippen LogP contribution in [0.15, 0.2) is 0 Å². The van der Waals surface area contributed by atoms with Gasteiger partial charge in [-0.15, -0.1) is 0 Å². The first-order valence-electron chi connectivity index (χ1n) is 8.27. The fourth-order valence-electron chi connectivity index (χ4n) is 4.57. The van der Waals surface area contributed by atoms with Gasteiger partial charge in [0.15, 0.2) is 0 Å². The van der Waals surface area contributed by atoms with E-state index in [0.29, 0.717) is 5.92 Å². The van der Waals surface area contributed by atoms with E-state index >= 15 is 0 Å². The van der Waals surface area contributed by atoms with Crippen LogP contribution in [-0.2, 0) is 0 Å². The average molecular weight is 276 g/mol. The normalized spacial score (nSPS) is 42.5. The lowest BCUT2D eigenvalue weighted by molar-refractivity contribution is 0.204. The Balaban J connectivity index is 1.53. The Labute approximate surface area is 122 Å². The van der Waals surface area contributed by atoms with E-state index in [2.05, 4.69) is 22.9 Å². The minimum Gasteiger partial charge on any atom is -0.313 e. The molecule has 0 aromatic carbocycles. The van der Waals surface area contributed by atoms with E-state index in [1.165, 1.54) is 32.4 Å². The first-order chi connectivity index (χ1) is 9.62. The molecule has 2 bridgehead atoms. The van der Waals surface area contributed by atoms with Gasteiger partial charge in [0.05, 0.1) is 6.07 Å². The predicted octanol–water partition coefficient (Wildman–Crippen LogP) is 1.57. The lowest BCUT2D eigenvalue weighted by Gasteiger charge is -2.29. The minimum atomic E-state index is -0.540. The van der Waals surface area contributed by atoms with Gasteiger partial charge in [-0.3, -0.25) is 4.90 Å². The van der Waals surface area contributed by atoms with Gasteiger partial charge in [0.25, 0.3) is 0 Å². The lowest BCUT2D eigenvalue weighted by atomic mass is 9.87. The number of rotatable bonds is 3. The standard InChI is InChI=1S/C16H28N4/c1-19-14-4-5-15(19)11-20(10-7-14)9-6-13-3-2-8-16(13,18)12-17/h13-15H,2-11,18H2,1H3. The molecule has 4 atom stereocenters. The molecule has 112 valence electrons. The van der Waals surface area contributed by atoms with Gasteiger partial charge in [-0.25, -0.2) is 0 Å². The lowest BCUT2D eigenvalue weighted by Crippen LogP contribution is -2.44. The first-order valence-corrected chi connectivity index (χ1v) is 8.27. The van der Waals surface area contributed by atoms with Crippen LogP contribution >= 0.6 is 0 Å². The molecule has 20 heavy (non-hydrogen) atoms. The second kappa shape index (κ2) is 5.63. The van der Waals surface area contributed by atoms with Gasteiger partial charge in [0.1, 0.15) is 5.54 Å². The molecule has 0 amide bonds. The largest absolute Gasteiger partial charge is 0.313 e. The number of nitriles is 1. The van der Waals surface area contributed by atoms with E-state index in [-0.39, 0.29) is 0 Å². The molecule has 0 spiro atoms.